The van der Waals surface area contributed by atoms with E-state index in [1.54, 1.807) is 0 Å². The van der Waals surface area contributed by atoms with Gasteiger partial charge in [-0.1, -0.05) is 18.2 Å². The summed E-state index contributed by atoms with van der Waals surface area (Å²) >= 11 is 0. The molecule has 0 bridgehead atoms. The molecule has 5 heteroatoms. The summed E-state index contributed by atoms with van der Waals surface area (Å²) in [6, 6.07) is 15.6. The third-order valence-electron chi connectivity index (χ3n) is 8.52. The smallest absolute Gasteiger partial charge is 0.251 e. The highest BCUT2D eigenvalue weighted by Crippen LogP contribution is 2.43. The Kier molecular flexibility index (Phi) is 5.09. The van der Waals surface area contributed by atoms with E-state index in [0.717, 1.165) is 57.4 Å². The summed E-state index contributed by atoms with van der Waals surface area (Å²) in [4.78, 5) is 19.4. The molecule has 0 unspecified atom stereocenters. The molecule has 4 aliphatic rings. The number of piperidine rings is 1. The lowest BCUT2D eigenvalue weighted by atomic mass is 9.82. The van der Waals surface area contributed by atoms with Crippen LogP contribution in [0.3, 0.4) is 0 Å². The molecule has 1 aromatic heterocycles. The Balaban J connectivity index is 1.07. The molecular formula is C30H32N2O3. The standard InChI is InChI=1S/C30H32N2O3/c33-29(27-2-1-17-34-27)32-15-12-30(13-16-32)11-9-24-19-22(6-8-26(24)35-30)21-5-7-25-23(18-21)10-14-31-28(25)20-3-4-20/h5-8,10,14,18-20,27H,1-4,9,11-13,15-17H2/t27-/m1/s1. The van der Waals surface area contributed by atoms with Gasteiger partial charge in [-0.2, -0.15) is 0 Å². The molecule has 1 spiro atoms. The lowest BCUT2D eigenvalue weighted by Crippen LogP contribution is -2.52. The molecule has 0 N–H and O–H groups in total. The van der Waals surface area contributed by atoms with Crippen molar-refractivity contribution < 1.29 is 14.3 Å². The molecule has 3 aromatic rings. The van der Waals surface area contributed by atoms with Crippen LogP contribution < -0.4 is 4.74 Å². The fraction of sp³-hybridized carbons (Fsp3) is 0.467. The van der Waals surface area contributed by atoms with Gasteiger partial charge in [0.05, 0.1) is 5.69 Å². The molecule has 4 heterocycles. The fourth-order valence-electron chi connectivity index (χ4n) is 6.23. The number of amides is 1. The number of benzene rings is 2. The third kappa shape index (κ3) is 3.90. The Bertz CT molecular complexity index is 1280. The minimum Gasteiger partial charge on any atom is -0.487 e. The lowest BCUT2D eigenvalue weighted by Gasteiger charge is -2.45. The lowest BCUT2D eigenvalue weighted by molar-refractivity contribution is -0.144. The van der Waals surface area contributed by atoms with Gasteiger partial charge in [-0.3, -0.25) is 9.78 Å². The number of carbonyl (C=O) groups is 1. The molecule has 7 rings (SSSR count). The maximum absolute atomic E-state index is 12.7. The molecule has 2 saturated heterocycles. The van der Waals surface area contributed by atoms with Gasteiger partial charge in [0.15, 0.2) is 0 Å². The SMILES string of the molecule is O=C([C@H]1CCCO1)N1CCC2(CCc3cc(-c4ccc5c(C6CC6)nccc5c4)ccc3O2)CC1. The Hall–Kier alpha value is -2.92. The van der Waals surface area contributed by atoms with Crippen LogP contribution in [0.5, 0.6) is 5.75 Å². The molecule has 2 aromatic carbocycles. The molecule has 1 atom stereocenters. The summed E-state index contributed by atoms with van der Waals surface area (Å²) in [6.45, 7) is 2.25. The van der Waals surface area contributed by atoms with Gasteiger partial charge < -0.3 is 14.4 Å². The molecule has 3 aliphatic heterocycles. The Labute approximate surface area is 206 Å². The number of pyridine rings is 1. The number of hydrogen-bond acceptors (Lipinski definition) is 4. The van der Waals surface area contributed by atoms with E-state index in [1.807, 2.05) is 11.1 Å². The van der Waals surface area contributed by atoms with Crippen LogP contribution in [0.25, 0.3) is 21.9 Å². The predicted molar refractivity (Wildman–Crippen MR) is 136 cm³/mol. The largest absolute Gasteiger partial charge is 0.487 e. The Morgan fingerprint density at radius 1 is 0.971 bits per heavy atom. The van der Waals surface area contributed by atoms with E-state index in [4.69, 9.17) is 9.47 Å². The topological polar surface area (TPSA) is 51.7 Å². The summed E-state index contributed by atoms with van der Waals surface area (Å²) in [5.41, 5.74) is 4.90. The Morgan fingerprint density at radius 3 is 2.60 bits per heavy atom. The van der Waals surface area contributed by atoms with Crippen molar-refractivity contribution in [3.05, 3.63) is 59.9 Å². The quantitative estimate of drug-likeness (QED) is 0.499. The van der Waals surface area contributed by atoms with Gasteiger partial charge in [-0.15, -0.1) is 0 Å². The maximum atomic E-state index is 12.7. The summed E-state index contributed by atoms with van der Waals surface area (Å²) < 4.78 is 12.3. The van der Waals surface area contributed by atoms with E-state index in [2.05, 4.69) is 47.4 Å². The van der Waals surface area contributed by atoms with Crippen LogP contribution in [0.4, 0.5) is 0 Å². The first-order chi connectivity index (χ1) is 17.2. The van der Waals surface area contributed by atoms with Crippen LogP contribution in [0, 0.1) is 0 Å². The molecule has 1 aliphatic carbocycles. The van der Waals surface area contributed by atoms with Crippen molar-refractivity contribution in [1.29, 1.82) is 0 Å². The second-order valence-electron chi connectivity index (χ2n) is 10.8. The van der Waals surface area contributed by atoms with Crippen LogP contribution in [0.2, 0.25) is 0 Å². The van der Waals surface area contributed by atoms with E-state index in [9.17, 15) is 4.79 Å². The summed E-state index contributed by atoms with van der Waals surface area (Å²) in [6.07, 6.45) is 9.96. The molecule has 1 saturated carbocycles. The van der Waals surface area contributed by atoms with Crippen LogP contribution in [-0.2, 0) is 16.0 Å². The molecule has 3 fully saturated rings. The number of hydrogen-bond donors (Lipinski definition) is 0. The van der Waals surface area contributed by atoms with Crippen molar-refractivity contribution in [3.63, 3.8) is 0 Å². The highest BCUT2D eigenvalue weighted by Gasteiger charge is 2.41. The molecule has 0 radical (unpaired) electrons. The van der Waals surface area contributed by atoms with Gasteiger partial charge in [0.1, 0.15) is 17.5 Å². The highest BCUT2D eigenvalue weighted by molar-refractivity contribution is 5.89. The average molecular weight is 469 g/mol. The van der Waals surface area contributed by atoms with Crippen molar-refractivity contribution in [2.45, 2.75) is 69.0 Å². The molecule has 5 nitrogen and oxygen atoms in total. The number of nitrogens with zero attached hydrogens (tertiary/aromatic N) is 2. The number of likely N-dealkylation sites (tertiary alicyclic amines) is 1. The second kappa shape index (κ2) is 8.34. The zero-order chi connectivity index (χ0) is 23.4. The van der Waals surface area contributed by atoms with Crippen molar-refractivity contribution in [1.82, 2.24) is 9.88 Å². The number of carbonyl (C=O) groups excluding carboxylic acids is 1. The number of aryl methyl sites for hydroxylation is 1. The summed E-state index contributed by atoms with van der Waals surface area (Å²) in [7, 11) is 0. The first-order valence-corrected chi connectivity index (χ1v) is 13.3. The van der Waals surface area contributed by atoms with Gasteiger partial charge in [0.2, 0.25) is 0 Å². The Morgan fingerprint density at radius 2 is 1.80 bits per heavy atom. The fourth-order valence-corrected chi connectivity index (χ4v) is 6.23. The number of ether oxygens (including phenoxy) is 2. The average Bonchev–Trinajstić information content (AvgIpc) is 3.60. The number of rotatable bonds is 3. The minimum atomic E-state index is -0.220. The molecule has 180 valence electrons. The number of aromatic nitrogens is 1. The van der Waals surface area contributed by atoms with Crippen molar-refractivity contribution in [2.75, 3.05) is 19.7 Å². The van der Waals surface area contributed by atoms with E-state index in [-0.39, 0.29) is 17.6 Å². The van der Waals surface area contributed by atoms with Crippen LogP contribution in [0.15, 0.2) is 48.7 Å². The monoisotopic (exact) mass is 468 g/mol. The van der Waals surface area contributed by atoms with Gasteiger partial charge in [0, 0.05) is 50.0 Å². The van der Waals surface area contributed by atoms with Gasteiger partial charge in [-0.25, -0.2) is 0 Å². The third-order valence-corrected chi connectivity index (χ3v) is 8.52. The van der Waals surface area contributed by atoms with Crippen molar-refractivity contribution in [2.24, 2.45) is 0 Å². The second-order valence-corrected chi connectivity index (χ2v) is 10.8. The normalized spacial score (nSPS) is 23.3. The van der Waals surface area contributed by atoms with Crippen molar-refractivity contribution >= 4 is 16.7 Å². The summed E-state index contributed by atoms with van der Waals surface area (Å²) in [5, 5.41) is 2.57. The van der Waals surface area contributed by atoms with Crippen molar-refractivity contribution in [3.8, 4) is 16.9 Å². The first kappa shape index (κ1) is 21.4. The van der Waals surface area contributed by atoms with Crippen LogP contribution in [-0.4, -0.2) is 47.2 Å². The van der Waals surface area contributed by atoms with Gasteiger partial charge >= 0.3 is 0 Å². The molecule has 35 heavy (non-hydrogen) atoms. The maximum Gasteiger partial charge on any atom is 0.251 e. The van der Waals surface area contributed by atoms with E-state index >= 15 is 0 Å². The van der Waals surface area contributed by atoms with E-state index < -0.39 is 0 Å². The van der Waals surface area contributed by atoms with Gasteiger partial charge in [0.25, 0.3) is 5.91 Å². The minimum absolute atomic E-state index is 0.142. The zero-order valence-electron chi connectivity index (χ0n) is 20.2. The first-order valence-electron chi connectivity index (χ1n) is 13.3. The van der Waals surface area contributed by atoms with E-state index in [1.165, 1.54) is 46.0 Å². The van der Waals surface area contributed by atoms with Crippen LogP contribution in [0.1, 0.15) is 62.1 Å². The zero-order valence-corrected chi connectivity index (χ0v) is 20.2. The van der Waals surface area contributed by atoms with Gasteiger partial charge in [-0.05, 0) is 84.9 Å². The van der Waals surface area contributed by atoms with E-state index in [0.29, 0.717) is 12.5 Å². The predicted octanol–water partition coefficient (Wildman–Crippen LogP) is 5.64. The van der Waals surface area contributed by atoms with Crippen LogP contribution >= 0.6 is 0 Å². The molecule has 1 amide bonds. The molecular weight excluding hydrogens is 436 g/mol. The summed E-state index contributed by atoms with van der Waals surface area (Å²) in [5.74, 6) is 1.84. The number of fused-ring (bicyclic) bond motifs is 2. The highest BCUT2D eigenvalue weighted by atomic mass is 16.5.